The molecule has 2 N–H and O–H groups in total. The van der Waals surface area contributed by atoms with E-state index in [1.54, 1.807) is 0 Å². The molecule has 1 rings (SSSR count). The maximum absolute atomic E-state index is 10.9. The van der Waals surface area contributed by atoms with Crippen molar-refractivity contribution in [3.63, 3.8) is 0 Å². The topological polar surface area (TPSA) is 52.3 Å². The van der Waals surface area contributed by atoms with Crippen LogP contribution in [0, 0.1) is 17.8 Å². The molecule has 0 aromatic rings. The molecular weight excluding hydrogens is 166 g/mol. The fraction of sp³-hybridized carbons (Fsp3) is 0.900. The molecule has 0 heterocycles. The SMILES string of the molecule is CC(=O)OC1(N)CC(C)C(C)C1C. The smallest absolute Gasteiger partial charge is 0.304 e. The van der Waals surface area contributed by atoms with Crippen LogP contribution in [0.1, 0.15) is 34.1 Å². The zero-order valence-corrected chi connectivity index (χ0v) is 8.83. The molecule has 4 unspecified atom stereocenters. The summed E-state index contributed by atoms with van der Waals surface area (Å²) in [5.41, 5.74) is 5.31. The first-order valence-electron chi connectivity index (χ1n) is 4.85. The van der Waals surface area contributed by atoms with E-state index in [4.69, 9.17) is 10.5 Å². The first-order chi connectivity index (χ1) is 5.87. The van der Waals surface area contributed by atoms with Gasteiger partial charge in [0.1, 0.15) is 0 Å². The highest BCUT2D eigenvalue weighted by atomic mass is 16.6. The molecule has 0 aromatic heterocycles. The summed E-state index contributed by atoms with van der Waals surface area (Å²) in [5.74, 6) is 1.01. The van der Waals surface area contributed by atoms with Gasteiger partial charge in [-0.25, -0.2) is 0 Å². The minimum Gasteiger partial charge on any atom is -0.444 e. The van der Waals surface area contributed by atoms with Crippen molar-refractivity contribution >= 4 is 5.97 Å². The Hall–Kier alpha value is -0.570. The van der Waals surface area contributed by atoms with Crippen LogP contribution in [0.4, 0.5) is 0 Å². The number of rotatable bonds is 1. The highest BCUT2D eigenvalue weighted by Crippen LogP contribution is 2.42. The fourth-order valence-electron chi connectivity index (χ4n) is 2.22. The molecule has 0 bridgehead atoms. The number of nitrogens with two attached hydrogens (primary N) is 1. The summed E-state index contributed by atoms with van der Waals surface area (Å²) in [4.78, 5) is 10.9. The average Bonchev–Trinajstić information content (AvgIpc) is 2.14. The molecule has 0 saturated heterocycles. The monoisotopic (exact) mass is 185 g/mol. The predicted molar refractivity (Wildman–Crippen MR) is 50.8 cm³/mol. The summed E-state index contributed by atoms with van der Waals surface area (Å²) < 4.78 is 5.19. The van der Waals surface area contributed by atoms with Crippen molar-refractivity contribution in [2.24, 2.45) is 23.5 Å². The maximum Gasteiger partial charge on any atom is 0.304 e. The van der Waals surface area contributed by atoms with Gasteiger partial charge in [-0.15, -0.1) is 0 Å². The summed E-state index contributed by atoms with van der Waals surface area (Å²) in [6.45, 7) is 7.78. The lowest BCUT2D eigenvalue weighted by Gasteiger charge is -2.29. The molecule has 0 aromatic carbocycles. The highest BCUT2D eigenvalue weighted by Gasteiger charge is 2.47. The van der Waals surface area contributed by atoms with Crippen LogP contribution in [0.15, 0.2) is 0 Å². The molecule has 1 aliphatic rings. The molecule has 0 amide bonds. The second kappa shape index (κ2) is 3.29. The fourth-order valence-corrected chi connectivity index (χ4v) is 2.22. The Bertz CT molecular complexity index is 217. The lowest BCUT2D eigenvalue weighted by Crippen LogP contribution is -2.47. The van der Waals surface area contributed by atoms with Gasteiger partial charge in [0.05, 0.1) is 0 Å². The minimum absolute atomic E-state index is 0.242. The van der Waals surface area contributed by atoms with Crippen LogP contribution in [-0.2, 0) is 9.53 Å². The quantitative estimate of drug-likeness (QED) is 0.497. The van der Waals surface area contributed by atoms with Crippen molar-refractivity contribution in [2.75, 3.05) is 0 Å². The van der Waals surface area contributed by atoms with Gasteiger partial charge < -0.3 is 4.74 Å². The van der Waals surface area contributed by atoms with Gasteiger partial charge in [-0.2, -0.15) is 0 Å². The second-order valence-corrected chi connectivity index (χ2v) is 4.38. The Balaban J connectivity index is 2.75. The van der Waals surface area contributed by atoms with Gasteiger partial charge in [0.2, 0.25) is 0 Å². The lowest BCUT2D eigenvalue weighted by atomic mass is 9.92. The van der Waals surface area contributed by atoms with Crippen molar-refractivity contribution in [1.29, 1.82) is 0 Å². The summed E-state index contributed by atoms with van der Waals surface area (Å²) in [7, 11) is 0. The van der Waals surface area contributed by atoms with Gasteiger partial charge in [0.15, 0.2) is 5.72 Å². The van der Waals surface area contributed by atoms with E-state index in [9.17, 15) is 4.79 Å². The van der Waals surface area contributed by atoms with Gasteiger partial charge in [-0.05, 0) is 11.8 Å². The molecule has 1 aliphatic carbocycles. The number of ether oxygens (including phenoxy) is 1. The van der Waals surface area contributed by atoms with E-state index < -0.39 is 5.72 Å². The molecule has 0 spiro atoms. The van der Waals surface area contributed by atoms with E-state index in [2.05, 4.69) is 20.8 Å². The van der Waals surface area contributed by atoms with Crippen LogP contribution in [0.3, 0.4) is 0 Å². The van der Waals surface area contributed by atoms with Gasteiger partial charge in [-0.1, -0.05) is 20.8 Å². The van der Waals surface area contributed by atoms with Gasteiger partial charge in [-0.3, -0.25) is 10.5 Å². The molecule has 1 saturated carbocycles. The third-order valence-electron chi connectivity index (χ3n) is 3.43. The molecule has 76 valence electrons. The Morgan fingerprint density at radius 2 is 2.00 bits per heavy atom. The minimum atomic E-state index is -0.731. The standard InChI is InChI=1S/C10H19NO2/c1-6-5-10(11,13-9(4)12)8(3)7(6)2/h6-8H,5,11H2,1-4H3. The van der Waals surface area contributed by atoms with Crippen molar-refractivity contribution in [3.05, 3.63) is 0 Å². The number of carbonyl (C=O) groups is 1. The van der Waals surface area contributed by atoms with E-state index in [0.29, 0.717) is 11.8 Å². The summed E-state index contributed by atoms with van der Waals surface area (Å²) in [6.07, 6.45) is 0.773. The molecule has 4 atom stereocenters. The Morgan fingerprint density at radius 1 is 1.46 bits per heavy atom. The summed E-state index contributed by atoms with van der Waals surface area (Å²) in [6, 6.07) is 0. The number of esters is 1. The maximum atomic E-state index is 10.9. The average molecular weight is 185 g/mol. The first-order valence-corrected chi connectivity index (χ1v) is 4.85. The Morgan fingerprint density at radius 3 is 2.31 bits per heavy atom. The molecule has 3 heteroatoms. The Labute approximate surface area is 79.6 Å². The van der Waals surface area contributed by atoms with E-state index in [1.165, 1.54) is 6.92 Å². The lowest BCUT2D eigenvalue weighted by molar-refractivity contribution is -0.160. The normalized spacial score (nSPS) is 44.8. The van der Waals surface area contributed by atoms with Crippen LogP contribution in [-0.4, -0.2) is 11.7 Å². The highest BCUT2D eigenvalue weighted by molar-refractivity contribution is 5.66. The number of hydrogen-bond acceptors (Lipinski definition) is 3. The van der Waals surface area contributed by atoms with Crippen LogP contribution >= 0.6 is 0 Å². The van der Waals surface area contributed by atoms with Gasteiger partial charge in [0, 0.05) is 19.3 Å². The summed E-state index contributed by atoms with van der Waals surface area (Å²) >= 11 is 0. The zero-order chi connectivity index (χ0) is 10.2. The summed E-state index contributed by atoms with van der Waals surface area (Å²) in [5, 5.41) is 0. The van der Waals surface area contributed by atoms with Crippen molar-refractivity contribution in [1.82, 2.24) is 0 Å². The van der Waals surface area contributed by atoms with Crippen LogP contribution in [0.5, 0.6) is 0 Å². The van der Waals surface area contributed by atoms with E-state index >= 15 is 0 Å². The molecule has 1 fully saturated rings. The van der Waals surface area contributed by atoms with Gasteiger partial charge in [0.25, 0.3) is 0 Å². The third-order valence-corrected chi connectivity index (χ3v) is 3.43. The largest absolute Gasteiger partial charge is 0.444 e. The molecule has 0 radical (unpaired) electrons. The van der Waals surface area contributed by atoms with Gasteiger partial charge >= 0.3 is 5.97 Å². The molecule has 0 aliphatic heterocycles. The number of hydrogen-bond donors (Lipinski definition) is 1. The van der Waals surface area contributed by atoms with Crippen LogP contribution < -0.4 is 5.73 Å². The Kier molecular flexibility index (Phi) is 2.66. The van der Waals surface area contributed by atoms with E-state index in [-0.39, 0.29) is 11.9 Å². The van der Waals surface area contributed by atoms with Crippen molar-refractivity contribution in [3.8, 4) is 0 Å². The molecular formula is C10H19NO2. The van der Waals surface area contributed by atoms with Crippen molar-refractivity contribution in [2.45, 2.75) is 39.8 Å². The van der Waals surface area contributed by atoms with Crippen LogP contribution in [0.25, 0.3) is 0 Å². The third kappa shape index (κ3) is 1.85. The predicted octanol–water partition coefficient (Wildman–Crippen LogP) is 1.52. The van der Waals surface area contributed by atoms with E-state index in [1.807, 2.05) is 0 Å². The number of carbonyl (C=O) groups excluding carboxylic acids is 1. The first kappa shape index (κ1) is 10.5. The van der Waals surface area contributed by atoms with E-state index in [0.717, 1.165) is 6.42 Å². The van der Waals surface area contributed by atoms with Crippen molar-refractivity contribution < 1.29 is 9.53 Å². The zero-order valence-electron chi connectivity index (χ0n) is 8.83. The molecule has 3 nitrogen and oxygen atoms in total. The second-order valence-electron chi connectivity index (χ2n) is 4.38. The molecule has 13 heavy (non-hydrogen) atoms. The van der Waals surface area contributed by atoms with Crippen LogP contribution in [0.2, 0.25) is 0 Å².